The van der Waals surface area contributed by atoms with Crippen LogP contribution < -0.4 is 0 Å². The van der Waals surface area contributed by atoms with Gasteiger partial charge in [-0.15, -0.1) is 0 Å². The summed E-state index contributed by atoms with van der Waals surface area (Å²) in [6, 6.07) is 15.1. The summed E-state index contributed by atoms with van der Waals surface area (Å²) >= 11 is 0. The van der Waals surface area contributed by atoms with E-state index >= 15 is 0 Å². The highest BCUT2D eigenvalue weighted by Crippen LogP contribution is 2.36. The van der Waals surface area contributed by atoms with Crippen molar-refractivity contribution in [2.75, 3.05) is 0 Å². The van der Waals surface area contributed by atoms with Crippen molar-refractivity contribution in [1.82, 2.24) is 0 Å². The number of alkyl halides is 3. The number of hydrogen-bond acceptors (Lipinski definition) is 8. The molecule has 2 aromatic carbocycles. The van der Waals surface area contributed by atoms with E-state index in [0.717, 1.165) is 0 Å². The van der Waals surface area contributed by atoms with E-state index in [1.165, 1.54) is 43.3 Å². The van der Waals surface area contributed by atoms with Gasteiger partial charge in [-0.25, -0.2) is 9.79 Å². The summed E-state index contributed by atoms with van der Waals surface area (Å²) in [6.45, 7) is 4.88. The molecule has 0 spiro atoms. The smallest absolute Gasteiger partial charge is 0.455 e. The number of nitrogens with zero attached hydrogens (tertiary/aromatic N) is 1. The number of rotatable bonds is 10. The number of para-hydroxylation sites is 1. The van der Waals surface area contributed by atoms with Crippen molar-refractivity contribution in [3.8, 4) is 0 Å². The maximum absolute atomic E-state index is 14.0. The fraction of sp³-hybridized carbons (Fsp3) is 0.429. The van der Waals surface area contributed by atoms with Gasteiger partial charge >= 0.3 is 18.1 Å². The van der Waals surface area contributed by atoms with Crippen LogP contribution in [-0.2, 0) is 28.5 Å². The number of carbonyl (C=O) groups excluding carboxylic acids is 3. The maximum atomic E-state index is 14.0. The highest BCUT2D eigenvalue weighted by atomic mass is 19.4. The largest absolute Gasteiger partial charge is 0.468 e. The normalized spacial score (nSPS) is 22.2. The standard InChI is InChI=1S/C28H30F3NO7/c1-4-17(2)22-23(36-21(34)16-15-18(3)33)24(37-25(35)19-11-7-5-8-12-19)26(38-22)39-27(28(29,30)31)32-20-13-9-6-10-14-20/h5-14,17,22-24,26H,4,15-16H2,1-3H3/t17-,22?,23?,24?,26?/m1/s1. The fourth-order valence-corrected chi connectivity index (χ4v) is 3.83. The van der Waals surface area contributed by atoms with Gasteiger partial charge in [0, 0.05) is 6.42 Å². The van der Waals surface area contributed by atoms with Gasteiger partial charge in [-0.1, -0.05) is 56.7 Å². The van der Waals surface area contributed by atoms with Crippen LogP contribution in [0, 0.1) is 5.92 Å². The van der Waals surface area contributed by atoms with E-state index in [0.29, 0.717) is 6.42 Å². The zero-order chi connectivity index (χ0) is 28.6. The lowest BCUT2D eigenvalue weighted by Crippen LogP contribution is -2.44. The molecule has 5 atom stereocenters. The Bertz CT molecular complexity index is 1150. The number of benzene rings is 2. The van der Waals surface area contributed by atoms with Crippen molar-refractivity contribution >= 4 is 29.3 Å². The average Bonchev–Trinajstić information content (AvgIpc) is 3.23. The zero-order valence-corrected chi connectivity index (χ0v) is 21.7. The summed E-state index contributed by atoms with van der Waals surface area (Å²) in [4.78, 5) is 40.5. The van der Waals surface area contributed by atoms with Crippen LogP contribution in [0.3, 0.4) is 0 Å². The van der Waals surface area contributed by atoms with Gasteiger partial charge in [-0.05, 0) is 37.1 Å². The molecular formula is C28H30F3NO7. The molecule has 0 bridgehead atoms. The summed E-state index contributed by atoms with van der Waals surface area (Å²) in [6.07, 6.45) is -10.5. The molecule has 8 nitrogen and oxygen atoms in total. The number of halogens is 3. The highest BCUT2D eigenvalue weighted by Gasteiger charge is 2.54. The molecule has 1 saturated heterocycles. The first-order valence-corrected chi connectivity index (χ1v) is 12.5. The van der Waals surface area contributed by atoms with Gasteiger partial charge in [0.15, 0.2) is 6.10 Å². The molecule has 0 radical (unpaired) electrons. The number of hydrogen-bond donors (Lipinski definition) is 0. The van der Waals surface area contributed by atoms with Crippen LogP contribution in [0.4, 0.5) is 18.9 Å². The predicted molar refractivity (Wildman–Crippen MR) is 134 cm³/mol. The van der Waals surface area contributed by atoms with Crippen molar-refractivity contribution in [1.29, 1.82) is 0 Å². The number of ketones is 1. The van der Waals surface area contributed by atoms with Gasteiger partial charge in [0.1, 0.15) is 11.9 Å². The molecule has 1 fully saturated rings. The van der Waals surface area contributed by atoms with Crippen LogP contribution in [0.5, 0.6) is 0 Å². The predicted octanol–water partition coefficient (Wildman–Crippen LogP) is 5.57. The van der Waals surface area contributed by atoms with Crippen LogP contribution in [0.2, 0.25) is 0 Å². The van der Waals surface area contributed by atoms with Gasteiger partial charge in [0.2, 0.25) is 12.4 Å². The average molecular weight is 550 g/mol. The molecule has 11 heteroatoms. The van der Waals surface area contributed by atoms with Gasteiger partial charge < -0.3 is 23.7 Å². The summed E-state index contributed by atoms with van der Waals surface area (Å²) in [5, 5.41) is 0. The van der Waals surface area contributed by atoms with Crippen molar-refractivity contribution in [2.45, 2.75) is 70.8 Å². The first kappa shape index (κ1) is 29.8. The van der Waals surface area contributed by atoms with E-state index in [1.807, 2.05) is 6.92 Å². The van der Waals surface area contributed by atoms with Crippen LogP contribution >= 0.6 is 0 Å². The Hall–Kier alpha value is -3.73. The number of aliphatic imine (C=N–C) groups is 1. The fourth-order valence-electron chi connectivity index (χ4n) is 3.83. The Morgan fingerprint density at radius 1 is 0.923 bits per heavy atom. The molecule has 1 heterocycles. The summed E-state index contributed by atoms with van der Waals surface area (Å²) in [5.74, 6) is -3.86. The monoisotopic (exact) mass is 549 g/mol. The van der Waals surface area contributed by atoms with Crippen molar-refractivity contribution in [3.63, 3.8) is 0 Å². The second-order valence-corrected chi connectivity index (χ2v) is 9.12. The summed E-state index contributed by atoms with van der Waals surface area (Å²) in [7, 11) is 0. The first-order valence-electron chi connectivity index (χ1n) is 12.5. The minimum Gasteiger partial charge on any atom is -0.455 e. The van der Waals surface area contributed by atoms with E-state index < -0.39 is 48.6 Å². The van der Waals surface area contributed by atoms with Crippen LogP contribution in [0.1, 0.15) is 50.4 Å². The molecule has 2 aromatic rings. The molecule has 0 aliphatic carbocycles. The van der Waals surface area contributed by atoms with Crippen molar-refractivity contribution in [3.05, 3.63) is 66.2 Å². The maximum Gasteiger partial charge on any atom is 0.468 e. The Balaban J connectivity index is 1.98. The molecule has 39 heavy (non-hydrogen) atoms. The van der Waals surface area contributed by atoms with Gasteiger partial charge in [-0.2, -0.15) is 13.2 Å². The lowest BCUT2D eigenvalue weighted by atomic mass is 9.96. The lowest BCUT2D eigenvalue weighted by molar-refractivity contribution is -0.158. The quantitative estimate of drug-likeness (QED) is 0.217. The number of esters is 2. The van der Waals surface area contributed by atoms with Crippen LogP contribution in [-0.4, -0.2) is 54.4 Å². The molecule has 3 rings (SSSR count). The minimum atomic E-state index is -5.02. The number of carbonyl (C=O) groups is 3. The third kappa shape index (κ3) is 8.38. The Labute approximate surface area is 224 Å². The Kier molecular flexibility index (Phi) is 10.2. The molecule has 1 aliphatic rings. The van der Waals surface area contributed by atoms with Gasteiger partial charge in [0.05, 0.1) is 17.7 Å². The topological polar surface area (TPSA) is 100 Å². The Morgan fingerprint density at radius 3 is 2.10 bits per heavy atom. The van der Waals surface area contributed by atoms with Crippen molar-refractivity contribution < 1.29 is 46.5 Å². The minimum absolute atomic E-state index is 0.0219. The molecule has 0 saturated carbocycles. The zero-order valence-electron chi connectivity index (χ0n) is 21.7. The SMILES string of the molecule is CC[C@@H](C)C1OC(OC(=Nc2ccccc2)C(F)(F)F)C(OC(=O)c2ccccc2)C1OC(=O)CCC(C)=O. The van der Waals surface area contributed by atoms with Crippen LogP contribution in [0.25, 0.3) is 0 Å². The number of Topliss-reactive ketones (excluding diaryl/α,β-unsaturated/α-hetero) is 1. The highest BCUT2D eigenvalue weighted by molar-refractivity contribution is 5.89. The second kappa shape index (κ2) is 13.4. The number of ether oxygens (including phenoxy) is 4. The van der Waals surface area contributed by atoms with E-state index in [9.17, 15) is 27.6 Å². The molecule has 4 unspecified atom stereocenters. The third-order valence-corrected chi connectivity index (χ3v) is 6.07. The molecule has 0 amide bonds. The van der Waals surface area contributed by atoms with Gasteiger partial charge in [-0.3, -0.25) is 4.79 Å². The van der Waals surface area contributed by atoms with Gasteiger partial charge in [0.25, 0.3) is 5.90 Å². The molecular weight excluding hydrogens is 519 g/mol. The molecule has 0 N–H and O–H groups in total. The second-order valence-electron chi connectivity index (χ2n) is 9.12. The van der Waals surface area contributed by atoms with Crippen molar-refractivity contribution in [2.24, 2.45) is 10.9 Å². The van der Waals surface area contributed by atoms with E-state index in [2.05, 4.69) is 4.99 Å². The first-order chi connectivity index (χ1) is 18.5. The van der Waals surface area contributed by atoms with E-state index in [-0.39, 0.29) is 35.8 Å². The Morgan fingerprint density at radius 2 is 1.54 bits per heavy atom. The summed E-state index contributed by atoms with van der Waals surface area (Å²) in [5.41, 5.74) is 0.102. The van der Waals surface area contributed by atoms with Crippen LogP contribution in [0.15, 0.2) is 65.7 Å². The molecule has 210 valence electrons. The molecule has 0 aromatic heterocycles. The van der Waals surface area contributed by atoms with E-state index in [1.54, 1.807) is 31.2 Å². The lowest BCUT2D eigenvalue weighted by Gasteiger charge is -2.26. The van der Waals surface area contributed by atoms with E-state index in [4.69, 9.17) is 18.9 Å². The molecule has 1 aliphatic heterocycles. The summed E-state index contributed by atoms with van der Waals surface area (Å²) < 4.78 is 64.2. The third-order valence-electron chi connectivity index (χ3n) is 6.07.